The molecule has 0 saturated carbocycles. The Labute approximate surface area is 131 Å². The number of aromatic nitrogens is 4. The molecule has 0 saturated heterocycles. The second-order valence-electron chi connectivity index (χ2n) is 5.09. The fourth-order valence-corrected chi connectivity index (χ4v) is 2.52. The summed E-state index contributed by atoms with van der Waals surface area (Å²) in [4.78, 5) is 8.82. The molecule has 0 unspecified atom stereocenters. The van der Waals surface area contributed by atoms with Crippen LogP contribution in [0.15, 0.2) is 41.3 Å². The fraction of sp³-hybridized carbons (Fsp3) is 0.267. The van der Waals surface area contributed by atoms with Gasteiger partial charge in [-0.05, 0) is 48.0 Å². The van der Waals surface area contributed by atoms with Gasteiger partial charge in [0.1, 0.15) is 5.52 Å². The van der Waals surface area contributed by atoms with Crippen LogP contribution in [-0.2, 0) is 6.54 Å². The van der Waals surface area contributed by atoms with E-state index in [1.165, 1.54) is 0 Å². The van der Waals surface area contributed by atoms with Gasteiger partial charge in [-0.2, -0.15) is 5.10 Å². The summed E-state index contributed by atoms with van der Waals surface area (Å²) in [6.07, 6.45) is 5.56. The zero-order valence-corrected chi connectivity index (χ0v) is 13.5. The molecule has 0 spiro atoms. The summed E-state index contributed by atoms with van der Waals surface area (Å²) in [5, 5.41) is 8.88. The average molecular weight is 346 g/mol. The van der Waals surface area contributed by atoms with Gasteiger partial charge in [0, 0.05) is 34.5 Å². The van der Waals surface area contributed by atoms with E-state index in [0.717, 1.165) is 26.9 Å². The second kappa shape index (κ2) is 5.81. The van der Waals surface area contributed by atoms with E-state index >= 15 is 0 Å². The molecule has 0 radical (unpaired) electrons. The first-order valence-electron chi connectivity index (χ1n) is 6.82. The predicted molar refractivity (Wildman–Crippen MR) is 87.2 cm³/mol. The van der Waals surface area contributed by atoms with Crippen LogP contribution < -0.4 is 5.32 Å². The number of anilines is 1. The van der Waals surface area contributed by atoms with Gasteiger partial charge in [-0.1, -0.05) is 0 Å². The standard InChI is InChI=1S/C15H16BrN5/c1-10(2)21-7-5-11(20-21)8-18-15-14-12(4-3-6-17-14)13(16)9-19-15/h3-7,9-10H,8H2,1-2H3,(H,18,19). The van der Waals surface area contributed by atoms with Crippen LogP contribution in [0, 0.1) is 0 Å². The average Bonchev–Trinajstić information content (AvgIpc) is 2.96. The molecule has 21 heavy (non-hydrogen) atoms. The van der Waals surface area contributed by atoms with Gasteiger partial charge < -0.3 is 5.32 Å². The maximum absolute atomic E-state index is 4.52. The molecule has 0 aromatic carbocycles. The van der Waals surface area contributed by atoms with Gasteiger partial charge in [0.2, 0.25) is 0 Å². The zero-order valence-electron chi connectivity index (χ0n) is 11.9. The molecule has 0 aliphatic carbocycles. The van der Waals surface area contributed by atoms with Gasteiger partial charge >= 0.3 is 0 Å². The van der Waals surface area contributed by atoms with Crippen molar-refractivity contribution in [3.8, 4) is 0 Å². The van der Waals surface area contributed by atoms with Crippen molar-refractivity contribution in [3.05, 3.63) is 47.0 Å². The van der Waals surface area contributed by atoms with Gasteiger partial charge in [-0.15, -0.1) is 0 Å². The van der Waals surface area contributed by atoms with E-state index in [1.807, 2.05) is 29.1 Å². The number of hydrogen-bond donors (Lipinski definition) is 1. The van der Waals surface area contributed by atoms with Crippen LogP contribution in [0.4, 0.5) is 5.82 Å². The molecular weight excluding hydrogens is 330 g/mol. The van der Waals surface area contributed by atoms with Gasteiger partial charge in [0.15, 0.2) is 5.82 Å². The van der Waals surface area contributed by atoms with Gasteiger partial charge in [0.25, 0.3) is 0 Å². The molecule has 0 amide bonds. The number of rotatable bonds is 4. The number of hydrogen-bond acceptors (Lipinski definition) is 4. The smallest absolute Gasteiger partial charge is 0.152 e. The fourth-order valence-electron chi connectivity index (χ4n) is 2.10. The van der Waals surface area contributed by atoms with Crippen LogP contribution >= 0.6 is 15.9 Å². The third-order valence-electron chi connectivity index (χ3n) is 3.23. The third kappa shape index (κ3) is 2.90. The first kappa shape index (κ1) is 14.0. The van der Waals surface area contributed by atoms with E-state index in [-0.39, 0.29) is 0 Å². The van der Waals surface area contributed by atoms with E-state index in [9.17, 15) is 0 Å². The lowest BCUT2D eigenvalue weighted by Crippen LogP contribution is -2.06. The largest absolute Gasteiger partial charge is 0.363 e. The topological polar surface area (TPSA) is 55.6 Å². The van der Waals surface area contributed by atoms with Crippen molar-refractivity contribution in [2.24, 2.45) is 0 Å². The monoisotopic (exact) mass is 345 g/mol. The molecule has 0 aliphatic rings. The third-order valence-corrected chi connectivity index (χ3v) is 3.86. The normalized spacial score (nSPS) is 11.2. The Morgan fingerprint density at radius 1 is 1.29 bits per heavy atom. The molecule has 3 heterocycles. The van der Waals surface area contributed by atoms with E-state index in [0.29, 0.717) is 12.6 Å². The number of nitrogens with one attached hydrogen (secondary N) is 1. The van der Waals surface area contributed by atoms with Crippen molar-refractivity contribution in [2.75, 3.05) is 5.32 Å². The Hall–Kier alpha value is -1.95. The Morgan fingerprint density at radius 3 is 2.90 bits per heavy atom. The lowest BCUT2D eigenvalue weighted by atomic mass is 10.2. The summed E-state index contributed by atoms with van der Waals surface area (Å²) < 4.78 is 2.89. The first-order valence-corrected chi connectivity index (χ1v) is 7.61. The van der Waals surface area contributed by atoms with Crippen LogP contribution in [0.5, 0.6) is 0 Å². The molecule has 108 valence electrons. The second-order valence-corrected chi connectivity index (χ2v) is 5.94. The maximum Gasteiger partial charge on any atom is 0.152 e. The molecule has 0 fully saturated rings. The highest BCUT2D eigenvalue weighted by Gasteiger charge is 2.08. The van der Waals surface area contributed by atoms with Crippen LogP contribution in [0.3, 0.4) is 0 Å². The maximum atomic E-state index is 4.52. The summed E-state index contributed by atoms with van der Waals surface area (Å²) in [6.45, 7) is 4.84. The molecular formula is C15H16BrN5. The highest BCUT2D eigenvalue weighted by atomic mass is 79.9. The van der Waals surface area contributed by atoms with Crippen molar-refractivity contribution >= 4 is 32.7 Å². The number of pyridine rings is 2. The molecule has 1 N–H and O–H groups in total. The highest BCUT2D eigenvalue weighted by Crippen LogP contribution is 2.26. The van der Waals surface area contributed by atoms with E-state index in [4.69, 9.17) is 0 Å². The zero-order chi connectivity index (χ0) is 14.8. The number of halogens is 1. The minimum Gasteiger partial charge on any atom is -0.363 e. The van der Waals surface area contributed by atoms with E-state index < -0.39 is 0 Å². The number of fused-ring (bicyclic) bond motifs is 1. The van der Waals surface area contributed by atoms with E-state index in [1.54, 1.807) is 12.4 Å². The lowest BCUT2D eigenvalue weighted by Gasteiger charge is -2.08. The lowest BCUT2D eigenvalue weighted by molar-refractivity contribution is 0.527. The first-order chi connectivity index (χ1) is 10.1. The quantitative estimate of drug-likeness (QED) is 0.781. The molecule has 3 aromatic rings. The molecule has 6 heteroatoms. The van der Waals surface area contributed by atoms with Crippen molar-refractivity contribution in [2.45, 2.75) is 26.4 Å². The Balaban J connectivity index is 1.83. The highest BCUT2D eigenvalue weighted by molar-refractivity contribution is 9.10. The molecule has 3 rings (SSSR count). The Kier molecular flexibility index (Phi) is 3.88. The summed E-state index contributed by atoms with van der Waals surface area (Å²) in [5.41, 5.74) is 1.84. The van der Waals surface area contributed by atoms with E-state index in [2.05, 4.69) is 50.2 Å². The minimum atomic E-state index is 0.368. The van der Waals surface area contributed by atoms with Crippen LogP contribution in [0.2, 0.25) is 0 Å². The van der Waals surface area contributed by atoms with Crippen molar-refractivity contribution in [3.63, 3.8) is 0 Å². The number of nitrogens with zero attached hydrogens (tertiary/aromatic N) is 4. The Bertz CT molecular complexity index is 766. The minimum absolute atomic E-state index is 0.368. The van der Waals surface area contributed by atoms with Gasteiger partial charge in [-0.25, -0.2) is 4.98 Å². The SMILES string of the molecule is CC(C)n1ccc(CNc2ncc(Br)c3cccnc23)n1. The van der Waals surface area contributed by atoms with Crippen LogP contribution in [-0.4, -0.2) is 19.7 Å². The summed E-state index contributed by atoms with van der Waals surface area (Å²) in [6, 6.07) is 6.32. The van der Waals surface area contributed by atoms with Crippen molar-refractivity contribution in [1.29, 1.82) is 0 Å². The summed E-state index contributed by atoms with van der Waals surface area (Å²) in [5.74, 6) is 0.771. The molecule has 0 bridgehead atoms. The molecule has 3 aromatic heterocycles. The van der Waals surface area contributed by atoms with Crippen molar-refractivity contribution in [1.82, 2.24) is 19.7 Å². The molecule has 0 atom stereocenters. The van der Waals surface area contributed by atoms with Crippen LogP contribution in [0.1, 0.15) is 25.6 Å². The molecule has 0 aliphatic heterocycles. The van der Waals surface area contributed by atoms with Gasteiger partial charge in [-0.3, -0.25) is 9.67 Å². The Morgan fingerprint density at radius 2 is 2.14 bits per heavy atom. The summed E-state index contributed by atoms with van der Waals surface area (Å²) >= 11 is 3.50. The van der Waals surface area contributed by atoms with Crippen molar-refractivity contribution < 1.29 is 0 Å². The van der Waals surface area contributed by atoms with Crippen LogP contribution in [0.25, 0.3) is 10.9 Å². The van der Waals surface area contributed by atoms with Gasteiger partial charge in [0.05, 0.1) is 12.2 Å². The predicted octanol–water partition coefficient (Wildman–Crippen LogP) is 3.78. The molecule has 5 nitrogen and oxygen atoms in total. The summed E-state index contributed by atoms with van der Waals surface area (Å²) in [7, 11) is 0.